The standard InChI is InChI=1S/C12H19N5O3/c1-2-3-9-6-8(7-10(16-9)17-14)11(18)15-4-5-20-12(13)19/h6-7H,2-5,14H2,1H3,(H2,13,19)(H,15,18)(H,16,17). The van der Waals surface area contributed by atoms with E-state index in [2.05, 4.69) is 20.5 Å². The van der Waals surface area contributed by atoms with Crippen LogP contribution in [-0.4, -0.2) is 30.1 Å². The number of ether oxygens (including phenoxy) is 1. The number of nitrogen functional groups attached to an aromatic ring is 1. The molecule has 0 aliphatic carbocycles. The minimum absolute atomic E-state index is 0.0238. The number of hydrogen-bond acceptors (Lipinski definition) is 6. The summed E-state index contributed by atoms with van der Waals surface area (Å²) in [6, 6.07) is 3.25. The SMILES string of the molecule is CCCc1cc(C(=O)NCCOC(N)=O)cc(NN)n1. The zero-order chi connectivity index (χ0) is 15.0. The van der Waals surface area contributed by atoms with E-state index in [0.29, 0.717) is 11.4 Å². The van der Waals surface area contributed by atoms with Crippen LogP contribution in [0, 0.1) is 0 Å². The maximum atomic E-state index is 11.9. The molecule has 0 aromatic carbocycles. The van der Waals surface area contributed by atoms with Gasteiger partial charge in [-0.15, -0.1) is 0 Å². The van der Waals surface area contributed by atoms with Crippen LogP contribution in [0.25, 0.3) is 0 Å². The molecule has 0 radical (unpaired) electrons. The summed E-state index contributed by atoms with van der Waals surface area (Å²) in [6.07, 6.45) is 0.790. The van der Waals surface area contributed by atoms with E-state index in [4.69, 9.17) is 11.6 Å². The lowest BCUT2D eigenvalue weighted by atomic mass is 10.1. The van der Waals surface area contributed by atoms with Crippen molar-refractivity contribution < 1.29 is 14.3 Å². The first-order chi connectivity index (χ1) is 9.56. The van der Waals surface area contributed by atoms with Crippen molar-refractivity contribution in [3.05, 3.63) is 23.4 Å². The number of primary amides is 1. The molecule has 1 rings (SSSR count). The number of hydrazine groups is 1. The third-order valence-corrected chi connectivity index (χ3v) is 2.43. The minimum Gasteiger partial charge on any atom is -0.448 e. The van der Waals surface area contributed by atoms with Gasteiger partial charge in [0.1, 0.15) is 12.4 Å². The van der Waals surface area contributed by atoms with E-state index in [9.17, 15) is 9.59 Å². The number of aromatic nitrogens is 1. The van der Waals surface area contributed by atoms with Crippen molar-refractivity contribution in [2.24, 2.45) is 11.6 Å². The van der Waals surface area contributed by atoms with Crippen LogP contribution in [-0.2, 0) is 11.2 Å². The highest BCUT2D eigenvalue weighted by Gasteiger charge is 2.09. The van der Waals surface area contributed by atoms with Gasteiger partial charge in [0.15, 0.2) is 0 Å². The fraction of sp³-hybridized carbons (Fsp3) is 0.417. The summed E-state index contributed by atoms with van der Waals surface area (Å²) in [7, 11) is 0. The van der Waals surface area contributed by atoms with Gasteiger partial charge in [0, 0.05) is 11.3 Å². The smallest absolute Gasteiger partial charge is 0.404 e. The molecule has 0 unspecified atom stereocenters. The Morgan fingerprint density at radius 1 is 1.40 bits per heavy atom. The van der Waals surface area contributed by atoms with Crippen molar-refractivity contribution >= 4 is 17.8 Å². The Labute approximate surface area is 116 Å². The Hall–Kier alpha value is -2.35. The van der Waals surface area contributed by atoms with Gasteiger partial charge in [0.2, 0.25) is 0 Å². The van der Waals surface area contributed by atoms with Crippen molar-refractivity contribution in [2.75, 3.05) is 18.6 Å². The van der Waals surface area contributed by atoms with Gasteiger partial charge in [-0.3, -0.25) is 4.79 Å². The first-order valence-electron chi connectivity index (χ1n) is 6.24. The van der Waals surface area contributed by atoms with Gasteiger partial charge in [0.25, 0.3) is 5.91 Å². The molecule has 1 aromatic heterocycles. The molecular formula is C12H19N5O3. The summed E-state index contributed by atoms with van der Waals surface area (Å²) in [5.41, 5.74) is 8.45. The zero-order valence-corrected chi connectivity index (χ0v) is 11.3. The number of hydrogen-bond donors (Lipinski definition) is 4. The monoisotopic (exact) mass is 281 g/mol. The van der Waals surface area contributed by atoms with Gasteiger partial charge in [-0.25, -0.2) is 15.6 Å². The third kappa shape index (κ3) is 5.11. The number of rotatable bonds is 7. The van der Waals surface area contributed by atoms with E-state index in [1.54, 1.807) is 12.1 Å². The molecule has 110 valence electrons. The molecule has 8 nitrogen and oxygen atoms in total. The van der Waals surface area contributed by atoms with E-state index in [-0.39, 0.29) is 19.1 Å². The molecular weight excluding hydrogens is 262 g/mol. The molecule has 0 aliphatic heterocycles. The number of anilines is 1. The third-order valence-electron chi connectivity index (χ3n) is 2.43. The Kier molecular flexibility index (Phi) is 6.24. The number of pyridine rings is 1. The Bertz CT molecular complexity index is 478. The Balaban J connectivity index is 2.66. The first-order valence-corrected chi connectivity index (χ1v) is 6.24. The average Bonchev–Trinajstić information content (AvgIpc) is 2.43. The van der Waals surface area contributed by atoms with E-state index >= 15 is 0 Å². The summed E-state index contributed by atoms with van der Waals surface area (Å²) in [5, 5.41) is 2.61. The summed E-state index contributed by atoms with van der Waals surface area (Å²) < 4.78 is 4.51. The number of nitrogens with zero attached hydrogens (tertiary/aromatic N) is 1. The zero-order valence-electron chi connectivity index (χ0n) is 11.3. The summed E-state index contributed by atoms with van der Waals surface area (Å²) in [6.45, 7) is 2.22. The normalized spacial score (nSPS) is 9.90. The molecule has 2 amide bonds. The number of carbonyl (C=O) groups is 2. The van der Waals surface area contributed by atoms with Crippen molar-refractivity contribution in [3.63, 3.8) is 0 Å². The van der Waals surface area contributed by atoms with Crippen LogP contribution >= 0.6 is 0 Å². The van der Waals surface area contributed by atoms with Gasteiger partial charge >= 0.3 is 6.09 Å². The van der Waals surface area contributed by atoms with Gasteiger partial charge in [-0.1, -0.05) is 13.3 Å². The van der Waals surface area contributed by atoms with Crippen LogP contribution in [0.5, 0.6) is 0 Å². The number of nitrogens with two attached hydrogens (primary N) is 2. The number of aryl methyl sites for hydroxylation is 1. The number of amides is 2. The van der Waals surface area contributed by atoms with E-state index in [1.807, 2.05) is 6.92 Å². The molecule has 20 heavy (non-hydrogen) atoms. The summed E-state index contributed by atoms with van der Waals surface area (Å²) >= 11 is 0. The highest BCUT2D eigenvalue weighted by molar-refractivity contribution is 5.95. The molecule has 0 bridgehead atoms. The van der Waals surface area contributed by atoms with Gasteiger partial charge in [-0.2, -0.15) is 0 Å². The Morgan fingerprint density at radius 2 is 2.15 bits per heavy atom. The van der Waals surface area contributed by atoms with Crippen molar-refractivity contribution in [2.45, 2.75) is 19.8 Å². The Morgan fingerprint density at radius 3 is 2.75 bits per heavy atom. The fourth-order valence-electron chi connectivity index (χ4n) is 1.60. The lowest BCUT2D eigenvalue weighted by molar-refractivity contribution is 0.0936. The molecule has 0 spiro atoms. The summed E-state index contributed by atoms with van der Waals surface area (Å²) in [5.74, 6) is 5.45. The van der Waals surface area contributed by atoms with Gasteiger partial charge in [-0.05, 0) is 18.6 Å². The topological polar surface area (TPSA) is 132 Å². The molecule has 1 heterocycles. The molecule has 8 heteroatoms. The average molecular weight is 281 g/mol. The largest absolute Gasteiger partial charge is 0.448 e. The van der Waals surface area contributed by atoms with Crippen molar-refractivity contribution in [1.82, 2.24) is 10.3 Å². The number of carbonyl (C=O) groups excluding carboxylic acids is 2. The maximum absolute atomic E-state index is 11.9. The quantitative estimate of drug-likeness (QED) is 0.319. The highest BCUT2D eigenvalue weighted by Crippen LogP contribution is 2.11. The van der Waals surface area contributed by atoms with Crippen LogP contribution in [0.2, 0.25) is 0 Å². The van der Waals surface area contributed by atoms with E-state index in [0.717, 1.165) is 18.5 Å². The molecule has 0 aliphatic rings. The molecule has 0 saturated heterocycles. The second-order valence-corrected chi connectivity index (χ2v) is 4.05. The van der Waals surface area contributed by atoms with Gasteiger partial charge in [0.05, 0.1) is 6.54 Å². The number of nitrogens with one attached hydrogen (secondary N) is 2. The molecule has 1 aromatic rings. The van der Waals surface area contributed by atoms with E-state index < -0.39 is 6.09 Å². The van der Waals surface area contributed by atoms with Crippen molar-refractivity contribution in [1.29, 1.82) is 0 Å². The van der Waals surface area contributed by atoms with Crippen molar-refractivity contribution in [3.8, 4) is 0 Å². The van der Waals surface area contributed by atoms with E-state index in [1.165, 1.54) is 0 Å². The maximum Gasteiger partial charge on any atom is 0.404 e. The fourth-order valence-corrected chi connectivity index (χ4v) is 1.60. The van der Waals surface area contributed by atoms with Crippen LogP contribution < -0.4 is 22.3 Å². The minimum atomic E-state index is -0.872. The van der Waals surface area contributed by atoms with Crippen LogP contribution in [0.15, 0.2) is 12.1 Å². The molecule has 0 saturated carbocycles. The lowest BCUT2D eigenvalue weighted by Gasteiger charge is -2.09. The molecule has 0 atom stereocenters. The predicted molar refractivity (Wildman–Crippen MR) is 73.9 cm³/mol. The van der Waals surface area contributed by atoms with Crippen LogP contribution in [0.4, 0.5) is 10.6 Å². The predicted octanol–water partition coefficient (Wildman–Crippen LogP) is 0.145. The highest BCUT2D eigenvalue weighted by atomic mass is 16.5. The first kappa shape index (κ1) is 15.7. The van der Waals surface area contributed by atoms with Gasteiger partial charge < -0.3 is 21.2 Å². The summed E-state index contributed by atoms with van der Waals surface area (Å²) in [4.78, 5) is 26.5. The second-order valence-electron chi connectivity index (χ2n) is 4.05. The molecule has 6 N–H and O–H groups in total. The second kappa shape index (κ2) is 7.95. The molecule has 0 fully saturated rings. The van der Waals surface area contributed by atoms with Crippen LogP contribution in [0.3, 0.4) is 0 Å². The lowest BCUT2D eigenvalue weighted by Crippen LogP contribution is -2.29. The van der Waals surface area contributed by atoms with Crippen LogP contribution in [0.1, 0.15) is 29.4 Å².